The fourth-order valence-corrected chi connectivity index (χ4v) is 3.92. The molecule has 150 valence electrons. The summed E-state index contributed by atoms with van der Waals surface area (Å²) in [6.45, 7) is 1.87. The molecule has 1 aliphatic heterocycles. The topological polar surface area (TPSA) is 55.8 Å². The van der Waals surface area contributed by atoms with Gasteiger partial charge >= 0.3 is 6.03 Å². The van der Waals surface area contributed by atoms with E-state index in [1.165, 1.54) is 11.1 Å². The van der Waals surface area contributed by atoms with Crippen LogP contribution in [0.5, 0.6) is 0 Å². The fraction of sp³-hybridized carbons (Fsp3) is 0.435. The third-order valence-electron chi connectivity index (χ3n) is 5.24. The molecule has 0 bridgehead atoms. The average molecular weight is 382 g/mol. The van der Waals surface area contributed by atoms with Crippen molar-refractivity contribution in [1.29, 1.82) is 0 Å². The van der Waals surface area contributed by atoms with Crippen LogP contribution in [0.25, 0.3) is 0 Å². The summed E-state index contributed by atoms with van der Waals surface area (Å²) in [6.07, 6.45) is 2.98. The Balaban J connectivity index is 1.59. The Kier molecular flexibility index (Phi) is 6.70. The first-order valence-corrected chi connectivity index (χ1v) is 9.99. The Labute approximate surface area is 168 Å². The standard InChI is InChI=1S/C23H31N3O2/c1-25(2)18-23(28)12-7-14-26(15-13-23)22(27)24-21-11-6-10-20(17-21)16-19-8-4-3-5-9-19/h3-6,8-11,17,28H,7,12-16,18H2,1-2H3,(H,24,27)/t23-/m0/s1. The minimum Gasteiger partial charge on any atom is -0.388 e. The minimum atomic E-state index is -0.714. The van der Waals surface area contributed by atoms with E-state index in [1.807, 2.05) is 60.3 Å². The van der Waals surface area contributed by atoms with Crippen LogP contribution in [0.3, 0.4) is 0 Å². The van der Waals surface area contributed by atoms with E-state index in [9.17, 15) is 9.90 Å². The molecule has 0 saturated carbocycles. The van der Waals surface area contributed by atoms with Gasteiger partial charge in [0.1, 0.15) is 0 Å². The highest BCUT2D eigenvalue weighted by atomic mass is 16.3. The van der Waals surface area contributed by atoms with E-state index in [2.05, 4.69) is 23.5 Å². The lowest BCUT2D eigenvalue weighted by atomic mass is 9.94. The van der Waals surface area contributed by atoms with Gasteiger partial charge in [-0.3, -0.25) is 0 Å². The van der Waals surface area contributed by atoms with E-state index in [0.29, 0.717) is 26.1 Å². The average Bonchev–Trinajstić information content (AvgIpc) is 2.84. The number of anilines is 1. The van der Waals surface area contributed by atoms with E-state index in [0.717, 1.165) is 24.9 Å². The third kappa shape index (κ3) is 5.81. The zero-order valence-corrected chi connectivity index (χ0v) is 16.9. The van der Waals surface area contributed by atoms with E-state index in [1.54, 1.807) is 0 Å². The van der Waals surface area contributed by atoms with Crippen LogP contribution in [-0.4, -0.2) is 60.3 Å². The Morgan fingerprint density at radius 1 is 1.07 bits per heavy atom. The highest BCUT2D eigenvalue weighted by Gasteiger charge is 2.31. The molecule has 0 radical (unpaired) electrons. The van der Waals surface area contributed by atoms with Gasteiger partial charge in [-0.15, -0.1) is 0 Å². The normalized spacial score (nSPS) is 20.1. The molecule has 0 spiro atoms. The summed E-state index contributed by atoms with van der Waals surface area (Å²) in [4.78, 5) is 16.6. The number of rotatable bonds is 5. The molecule has 28 heavy (non-hydrogen) atoms. The number of nitrogens with one attached hydrogen (secondary N) is 1. The predicted molar refractivity (Wildman–Crippen MR) is 114 cm³/mol. The summed E-state index contributed by atoms with van der Waals surface area (Å²) in [7, 11) is 3.94. The largest absolute Gasteiger partial charge is 0.388 e. The summed E-state index contributed by atoms with van der Waals surface area (Å²) in [5.74, 6) is 0. The molecule has 1 aliphatic rings. The van der Waals surface area contributed by atoms with Crippen LogP contribution in [0.2, 0.25) is 0 Å². The van der Waals surface area contributed by atoms with Crippen LogP contribution >= 0.6 is 0 Å². The van der Waals surface area contributed by atoms with Gasteiger partial charge in [-0.1, -0.05) is 42.5 Å². The molecule has 3 rings (SSSR count). The number of likely N-dealkylation sites (N-methyl/N-ethyl adjacent to an activating group) is 1. The SMILES string of the molecule is CN(C)C[C@]1(O)CCCN(C(=O)Nc2cccc(Cc3ccccc3)c2)CC1. The van der Waals surface area contributed by atoms with Gasteiger partial charge in [0.2, 0.25) is 0 Å². The van der Waals surface area contributed by atoms with Crippen LogP contribution in [0.1, 0.15) is 30.4 Å². The predicted octanol–water partition coefficient (Wildman–Crippen LogP) is 3.59. The molecule has 0 aromatic heterocycles. The van der Waals surface area contributed by atoms with Crippen molar-refractivity contribution < 1.29 is 9.90 Å². The summed E-state index contributed by atoms with van der Waals surface area (Å²) in [6, 6.07) is 18.2. The monoisotopic (exact) mass is 381 g/mol. The van der Waals surface area contributed by atoms with Crippen LogP contribution in [0.4, 0.5) is 10.5 Å². The molecule has 0 unspecified atom stereocenters. The van der Waals surface area contributed by atoms with E-state index < -0.39 is 5.60 Å². The number of hydrogen-bond acceptors (Lipinski definition) is 3. The van der Waals surface area contributed by atoms with Crippen LogP contribution in [0.15, 0.2) is 54.6 Å². The molecule has 0 aliphatic carbocycles. The molecule has 1 heterocycles. The van der Waals surface area contributed by atoms with Gasteiger partial charge in [0.15, 0.2) is 0 Å². The first-order valence-electron chi connectivity index (χ1n) is 9.99. The second-order valence-electron chi connectivity index (χ2n) is 8.10. The lowest BCUT2D eigenvalue weighted by Crippen LogP contribution is -2.42. The number of carbonyl (C=O) groups is 1. The van der Waals surface area contributed by atoms with Gasteiger partial charge in [0, 0.05) is 25.3 Å². The molecule has 2 aromatic rings. The highest BCUT2D eigenvalue weighted by molar-refractivity contribution is 5.89. The quantitative estimate of drug-likeness (QED) is 0.832. The molecule has 2 amide bonds. The number of likely N-dealkylation sites (tertiary alicyclic amines) is 1. The zero-order chi connectivity index (χ0) is 20.0. The van der Waals surface area contributed by atoms with E-state index in [-0.39, 0.29) is 6.03 Å². The van der Waals surface area contributed by atoms with E-state index in [4.69, 9.17) is 0 Å². The summed E-state index contributed by atoms with van der Waals surface area (Å²) < 4.78 is 0. The third-order valence-corrected chi connectivity index (χ3v) is 5.24. The summed E-state index contributed by atoms with van der Waals surface area (Å²) in [5.41, 5.74) is 2.51. The molecule has 1 saturated heterocycles. The van der Waals surface area contributed by atoms with Crippen molar-refractivity contribution in [1.82, 2.24) is 9.80 Å². The number of benzene rings is 2. The van der Waals surface area contributed by atoms with Crippen molar-refractivity contribution in [3.05, 3.63) is 65.7 Å². The Hall–Kier alpha value is -2.37. The molecule has 2 N–H and O–H groups in total. The second kappa shape index (κ2) is 9.22. The van der Waals surface area contributed by atoms with Gasteiger partial charge in [-0.25, -0.2) is 4.79 Å². The maximum absolute atomic E-state index is 12.7. The van der Waals surface area contributed by atoms with Crippen molar-refractivity contribution >= 4 is 11.7 Å². The minimum absolute atomic E-state index is 0.0917. The lowest BCUT2D eigenvalue weighted by molar-refractivity contribution is 0.00361. The highest BCUT2D eigenvalue weighted by Crippen LogP contribution is 2.24. The van der Waals surface area contributed by atoms with Crippen LogP contribution < -0.4 is 5.32 Å². The lowest BCUT2D eigenvalue weighted by Gasteiger charge is -2.29. The first-order chi connectivity index (χ1) is 13.4. The molecule has 1 fully saturated rings. The van der Waals surface area contributed by atoms with E-state index >= 15 is 0 Å². The number of amides is 2. The van der Waals surface area contributed by atoms with Crippen molar-refractivity contribution in [3.8, 4) is 0 Å². The Bertz CT molecular complexity index is 778. The molecule has 2 aromatic carbocycles. The fourth-order valence-electron chi connectivity index (χ4n) is 3.92. The summed E-state index contributed by atoms with van der Waals surface area (Å²) in [5, 5.41) is 13.8. The molecule has 1 atom stereocenters. The first kappa shape index (κ1) is 20.4. The van der Waals surface area contributed by atoms with Crippen LogP contribution in [-0.2, 0) is 6.42 Å². The number of nitrogens with zero attached hydrogens (tertiary/aromatic N) is 2. The second-order valence-corrected chi connectivity index (χ2v) is 8.10. The van der Waals surface area contributed by atoms with Crippen molar-refractivity contribution in [2.75, 3.05) is 39.0 Å². The Morgan fingerprint density at radius 3 is 2.57 bits per heavy atom. The Morgan fingerprint density at radius 2 is 1.82 bits per heavy atom. The summed E-state index contributed by atoms with van der Waals surface area (Å²) >= 11 is 0. The number of carbonyl (C=O) groups excluding carboxylic acids is 1. The number of aliphatic hydroxyl groups is 1. The van der Waals surface area contributed by atoms with Crippen molar-refractivity contribution in [2.45, 2.75) is 31.3 Å². The van der Waals surface area contributed by atoms with Gasteiger partial charge in [-0.05, 0) is 63.0 Å². The molecular formula is C23H31N3O2. The molecule has 5 heteroatoms. The van der Waals surface area contributed by atoms with Crippen LogP contribution in [0, 0.1) is 0 Å². The maximum atomic E-state index is 12.7. The number of urea groups is 1. The smallest absolute Gasteiger partial charge is 0.321 e. The molecular weight excluding hydrogens is 350 g/mol. The van der Waals surface area contributed by atoms with Gasteiger partial charge in [0.25, 0.3) is 0 Å². The van der Waals surface area contributed by atoms with Gasteiger partial charge in [0.05, 0.1) is 5.60 Å². The van der Waals surface area contributed by atoms with Crippen molar-refractivity contribution in [3.63, 3.8) is 0 Å². The number of hydrogen-bond donors (Lipinski definition) is 2. The van der Waals surface area contributed by atoms with Gasteiger partial charge in [-0.2, -0.15) is 0 Å². The zero-order valence-electron chi connectivity index (χ0n) is 16.9. The van der Waals surface area contributed by atoms with Crippen molar-refractivity contribution in [2.24, 2.45) is 0 Å². The van der Waals surface area contributed by atoms with Gasteiger partial charge < -0.3 is 20.2 Å². The maximum Gasteiger partial charge on any atom is 0.321 e. The molecule has 5 nitrogen and oxygen atoms in total.